The first kappa shape index (κ1) is 14.1. The minimum atomic E-state index is -3.81. The second-order valence-electron chi connectivity index (χ2n) is 3.91. The van der Waals surface area contributed by atoms with Gasteiger partial charge in [-0.1, -0.05) is 6.92 Å². The maximum absolute atomic E-state index is 12.0. The number of aliphatic hydroxyl groups excluding tert-OH is 2. The summed E-state index contributed by atoms with van der Waals surface area (Å²) < 4.78 is 26.3. The molecule has 0 fully saturated rings. The Morgan fingerprint density at radius 1 is 1.47 bits per heavy atom. The van der Waals surface area contributed by atoms with Crippen LogP contribution in [0, 0.1) is 6.92 Å². The molecule has 1 rings (SSSR count). The number of aliphatic hydroxyl groups is 2. The van der Waals surface area contributed by atoms with Crippen molar-refractivity contribution < 1.29 is 18.6 Å². The van der Waals surface area contributed by atoms with Crippen LogP contribution in [-0.4, -0.2) is 47.6 Å². The number of rotatable bonds is 6. The molecule has 0 saturated carbocycles. The molecule has 98 valence electrons. The Labute approximate surface area is 99.9 Å². The van der Waals surface area contributed by atoms with Gasteiger partial charge in [-0.3, -0.25) is 5.10 Å². The molecule has 7 nitrogen and oxygen atoms in total. The zero-order chi connectivity index (χ0) is 13.1. The lowest BCUT2D eigenvalue weighted by Gasteiger charge is -2.29. The zero-order valence-electron chi connectivity index (χ0n) is 9.77. The van der Waals surface area contributed by atoms with Gasteiger partial charge in [-0.15, -0.1) is 0 Å². The first-order chi connectivity index (χ1) is 7.90. The number of H-pyrrole nitrogens is 1. The summed E-state index contributed by atoms with van der Waals surface area (Å²) in [7, 11) is -3.81. The van der Waals surface area contributed by atoms with Crippen LogP contribution in [0.25, 0.3) is 0 Å². The Kier molecular flexibility index (Phi) is 4.26. The van der Waals surface area contributed by atoms with E-state index >= 15 is 0 Å². The molecule has 0 aliphatic heterocycles. The molecule has 0 atom stereocenters. The van der Waals surface area contributed by atoms with Gasteiger partial charge in [0.2, 0.25) is 10.0 Å². The second-order valence-corrected chi connectivity index (χ2v) is 5.57. The Balaban J connectivity index is 3.05. The van der Waals surface area contributed by atoms with Gasteiger partial charge in [0, 0.05) is 0 Å². The summed E-state index contributed by atoms with van der Waals surface area (Å²) in [5, 5.41) is 24.5. The summed E-state index contributed by atoms with van der Waals surface area (Å²) in [6.45, 7) is 2.30. The normalized spacial score (nSPS) is 12.9. The van der Waals surface area contributed by atoms with Gasteiger partial charge in [0.1, 0.15) is 4.90 Å². The number of nitrogens with zero attached hydrogens (tertiary/aromatic N) is 1. The second kappa shape index (κ2) is 5.13. The van der Waals surface area contributed by atoms with Crippen molar-refractivity contribution in [3.05, 3.63) is 11.9 Å². The molecule has 0 unspecified atom stereocenters. The smallest absolute Gasteiger partial charge is 0.244 e. The van der Waals surface area contributed by atoms with E-state index in [-0.39, 0.29) is 11.3 Å². The van der Waals surface area contributed by atoms with Gasteiger partial charge in [0.15, 0.2) is 0 Å². The molecule has 0 bridgehead atoms. The van der Waals surface area contributed by atoms with Crippen molar-refractivity contribution in [3.8, 4) is 0 Å². The van der Waals surface area contributed by atoms with E-state index in [2.05, 4.69) is 14.9 Å². The molecule has 1 aromatic heterocycles. The van der Waals surface area contributed by atoms with E-state index in [1.54, 1.807) is 13.8 Å². The molecule has 0 aliphatic carbocycles. The fraction of sp³-hybridized carbons (Fsp3) is 0.667. The van der Waals surface area contributed by atoms with Crippen LogP contribution in [0.15, 0.2) is 11.1 Å². The van der Waals surface area contributed by atoms with E-state index in [4.69, 9.17) is 0 Å². The molecule has 0 spiro atoms. The molecular formula is C9H17N3O4S. The van der Waals surface area contributed by atoms with Crippen LogP contribution in [0.3, 0.4) is 0 Å². The first-order valence-corrected chi connectivity index (χ1v) is 6.65. The summed E-state index contributed by atoms with van der Waals surface area (Å²) in [6.07, 6.45) is 1.46. The number of nitrogens with one attached hydrogen (secondary N) is 2. The van der Waals surface area contributed by atoms with Crippen LogP contribution in [0.5, 0.6) is 0 Å². The largest absolute Gasteiger partial charge is 0.394 e. The highest BCUT2D eigenvalue weighted by atomic mass is 32.2. The Morgan fingerprint density at radius 2 is 2.06 bits per heavy atom. The van der Waals surface area contributed by atoms with Crippen molar-refractivity contribution in [2.75, 3.05) is 13.2 Å². The van der Waals surface area contributed by atoms with Crippen LogP contribution in [0.4, 0.5) is 0 Å². The lowest BCUT2D eigenvalue weighted by molar-refractivity contribution is 0.105. The van der Waals surface area contributed by atoms with Crippen molar-refractivity contribution in [2.45, 2.75) is 30.7 Å². The maximum atomic E-state index is 12.0. The zero-order valence-corrected chi connectivity index (χ0v) is 10.6. The van der Waals surface area contributed by atoms with Crippen molar-refractivity contribution in [2.24, 2.45) is 0 Å². The predicted octanol–water partition coefficient (Wildman–Crippen LogP) is -0.870. The summed E-state index contributed by atoms with van der Waals surface area (Å²) in [4.78, 5) is 0.0113. The molecule has 17 heavy (non-hydrogen) atoms. The molecule has 1 heterocycles. The Bertz CT molecular complexity index is 456. The lowest BCUT2D eigenvalue weighted by atomic mass is 10.0. The minimum absolute atomic E-state index is 0.0113. The van der Waals surface area contributed by atoms with Gasteiger partial charge in [-0.2, -0.15) is 5.10 Å². The molecular weight excluding hydrogens is 246 g/mol. The molecule has 1 aromatic rings. The molecule has 0 radical (unpaired) electrons. The fourth-order valence-electron chi connectivity index (χ4n) is 1.36. The number of sulfonamides is 1. The average molecular weight is 263 g/mol. The maximum Gasteiger partial charge on any atom is 0.244 e. The number of aromatic amines is 1. The summed E-state index contributed by atoms with van der Waals surface area (Å²) in [5.41, 5.74) is -0.846. The third-order valence-corrected chi connectivity index (χ3v) is 4.40. The van der Waals surface area contributed by atoms with E-state index in [0.717, 1.165) is 0 Å². The van der Waals surface area contributed by atoms with E-state index in [1.165, 1.54) is 6.20 Å². The van der Waals surface area contributed by atoms with E-state index < -0.39 is 28.8 Å². The van der Waals surface area contributed by atoms with Crippen LogP contribution in [0.1, 0.15) is 19.0 Å². The summed E-state index contributed by atoms with van der Waals surface area (Å²) in [5.74, 6) is 0. The Hall–Kier alpha value is -0.960. The van der Waals surface area contributed by atoms with Crippen molar-refractivity contribution in [1.29, 1.82) is 0 Å². The fourth-order valence-corrected chi connectivity index (χ4v) is 2.95. The van der Waals surface area contributed by atoms with Gasteiger partial charge in [-0.05, 0) is 13.3 Å². The number of hydrogen-bond donors (Lipinski definition) is 4. The Morgan fingerprint density at radius 3 is 2.41 bits per heavy atom. The van der Waals surface area contributed by atoms with Crippen LogP contribution >= 0.6 is 0 Å². The van der Waals surface area contributed by atoms with E-state index in [9.17, 15) is 18.6 Å². The third-order valence-electron chi connectivity index (χ3n) is 2.71. The topological polar surface area (TPSA) is 115 Å². The molecule has 0 amide bonds. The van der Waals surface area contributed by atoms with Crippen molar-refractivity contribution in [1.82, 2.24) is 14.9 Å². The molecule has 0 aliphatic rings. The average Bonchev–Trinajstić information content (AvgIpc) is 2.73. The van der Waals surface area contributed by atoms with Crippen molar-refractivity contribution in [3.63, 3.8) is 0 Å². The molecule has 0 aromatic carbocycles. The summed E-state index contributed by atoms with van der Waals surface area (Å²) in [6, 6.07) is 0. The van der Waals surface area contributed by atoms with Gasteiger partial charge >= 0.3 is 0 Å². The summed E-state index contributed by atoms with van der Waals surface area (Å²) >= 11 is 0. The van der Waals surface area contributed by atoms with Crippen LogP contribution in [0.2, 0.25) is 0 Å². The van der Waals surface area contributed by atoms with Crippen LogP contribution in [-0.2, 0) is 10.0 Å². The molecule has 0 saturated heterocycles. The van der Waals surface area contributed by atoms with Gasteiger partial charge in [0.25, 0.3) is 0 Å². The third kappa shape index (κ3) is 2.83. The highest BCUT2D eigenvalue weighted by Crippen LogP contribution is 2.17. The van der Waals surface area contributed by atoms with Crippen LogP contribution < -0.4 is 4.72 Å². The van der Waals surface area contributed by atoms with Gasteiger partial charge in [0.05, 0.1) is 30.6 Å². The SMILES string of the molecule is CCC(CO)(CO)NS(=O)(=O)c1cn[nH]c1C. The van der Waals surface area contributed by atoms with Gasteiger partial charge < -0.3 is 10.2 Å². The standard InChI is InChI=1S/C9H17N3O4S/c1-3-9(5-13,6-14)12-17(15,16)8-4-10-11-7(8)2/h4,12-14H,3,5-6H2,1-2H3,(H,10,11). The number of hydrogen-bond acceptors (Lipinski definition) is 5. The first-order valence-electron chi connectivity index (χ1n) is 5.16. The van der Waals surface area contributed by atoms with E-state index in [1.807, 2.05) is 0 Å². The van der Waals surface area contributed by atoms with Crippen molar-refractivity contribution >= 4 is 10.0 Å². The highest BCUT2D eigenvalue weighted by molar-refractivity contribution is 7.89. The number of aryl methyl sites for hydroxylation is 1. The highest BCUT2D eigenvalue weighted by Gasteiger charge is 2.33. The molecule has 8 heteroatoms. The minimum Gasteiger partial charge on any atom is -0.394 e. The van der Waals surface area contributed by atoms with E-state index in [0.29, 0.717) is 5.69 Å². The number of aromatic nitrogens is 2. The van der Waals surface area contributed by atoms with Gasteiger partial charge in [-0.25, -0.2) is 13.1 Å². The quantitative estimate of drug-likeness (QED) is 0.532. The monoisotopic (exact) mass is 263 g/mol. The molecule has 4 N–H and O–H groups in total. The lowest BCUT2D eigenvalue weighted by Crippen LogP contribution is -2.53. The predicted molar refractivity (Wildman–Crippen MR) is 60.8 cm³/mol.